The van der Waals surface area contributed by atoms with Gasteiger partial charge in [-0.15, -0.1) is 0 Å². The number of aryl methyl sites for hydroxylation is 1. The topological polar surface area (TPSA) is 57.9 Å². The third-order valence-electron chi connectivity index (χ3n) is 6.07. The molecule has 1 aromatic heterocycles. The Morgan fingerprint density at radius 3 is 2.87 bits per heavy atom. The van der Waals surface area contributed by atoms with E-state index in [2.05, 4.69) is 43.5 Å². The molecular weight excluding hydrogens is 400 g/mol. The lowest BCUT2D eigenvalue weighted by atomic mass is 10.0. The zero-order valence-corrected chi connectivity index (χ0v) is 18.6. The van der Waals surface area contributed by atoms with E-state index in [-0.39, 0.29) is 6.04 Å². The summed E-state index contributed by atoms with van der Waals surface area (Å²) in [5.41, 5.74) is 2.53. The second-order valence-corrected chi connectivity index (χ2v) is 8.46. The van der Waals surface area contributed by atoms with Crippen molar-refractivity contribution in [1.29, 1.82) is 0 Å². The van der Waals surface area contributed by atoms with E-state index < -0.39 is 0 Å². The highest BCUT2D eigenvalue weighted by molar-refractivity contribution is 6.30. The summed E-state index contributed by atoms with van der Waals surface area (Å²) in [5.74, 6) is 1.46. The van der Waals surface area contributed by atoms with Gasteiger partial charge in [0.15, 0.2) is 5.96 Å². The van der Waals surface area contributed by atoms with Crippen molar-refractivity contribution in [1.82, 2.24) is 24.9 Å². The third-order valence-corrected chi connectivity index (χ3v) is 6.30. The lowest BCUT2D eigenvalue weighted by Gasteiger charge is -2.35. The Morgan fingerprint density at radius 2 is 2.17 bits per heavy atom. The Labute approximate surface area is 183 Å². The van der Waals surface area contributed by atoms with Crippen molar-refractivity contribution in [3.8, 4) is 0 Å². The summed E-state index contributed by atoms with van der Waals surface area (Å²) < 4.78 is 7.44. The first-order valence-corrected chi connectivity index (χ1v) is 11.0. The first-order chi connectivity index (χ1) is 14.6. The van der Waals surface area contributed by atoms with Gasteiger partial charge < -0.3 is 15.0 Å². The van der Waals surface area contributed by atoms with Crippen LogP contribution in [0.5, 0.6) is 0 Å². The molecule has 2 fully saturated rings. The number of morpholine rings is 1. The maximum atomic E-state index is 6.30. The highest BCUT2D eigenvalue weighted by atomic mass is 35.5. The van der Waals surface area contributed by atoms with Gasteiger partial charge in [-0.25, -0.2) is 0 Å². The molecule has 0 amide bonds. The van der Waals surface area contributed by atoms with Crippen molar-refractivity contribution in [2.45, 2.75) is 18.4 Å². The minimum atomic E-state index is 0.223. The molecule has 0 aliphatic carbocycles. The van der Waals surface area contributed by atoms with Crippen LogP contribution in [0.25, 0.3) is 0 Å². The maximum absolute atomic E-state index is 6.30. The number of likely N-dealkylation sites (tertiary alicyclic amines) is 1. The fourth-order valence-electron chi connectivity index (χ4n) is 4.46. The van der Waals surface area contributed by atoms with Crippen molar-refractivity contribution in [2.75, 3.05) is 53.0 Å². The number of guanidine groups is 1. The molecule has 2 atom stereocenters. The molecule has 4 rings (SSSR count). The van der Waals surface area contributed by atoms with Crippen LogP contribution in [0.4, 0.5) is 0 Å². The van der Waals surface area contributed by atoms with E-state index in [9.17, 15) is 0 Å². The number of benzene rings is 1. The van der Waals surface area contributed by atoms with Gasteiger partial charge in [-0.3, -0.25) is 14.6 Å². The largest absolute Gasteiger partial charge is 0.379 e. The van der Waals surface area contributed by atoms with Gasteiger partial charge in [-0.05, 0) is 29.7 Å². The molecule has 0 spiro atoms. The Kier molecular flexibility index (Phi) is 6.92. The lowest BCUT2D eigenvalue weighted by molar-refractivity contribution is 0.0169. The lowest BCUT2D eigenvalue weighted by Crippen LogP contribution is -2.47. The van der Waals surface area contributed by atoms with E-state index in [1.54, 1.807) is 0 Å². The van der Waals surface area contributed by atoms with E-state index >= 15 is 0 Å². The molecule has 1 N–H and O–H groups in total. The SMILES string of the molecule is CN=C(NCC(c1cccc(Cl)c1)N1CCOCC1)N1CCC(c2cnn(C)c2)C1. The van der Waals surface area contributed by atoms with E-state index in [4.69, 9.17) is 16.3 Å². The van der Waals surface area contributed by atoms with Crippen LogP contribution < -0.4 is 5.32 Å². The van der Waals surface area contributed by atoms with Crippen LogP contribution in [-0.2, 0) is 11.8 Å². The van der Waals surface area contributed by atoms with E-state index in [1.165, 1.54) is 11.1 Å². The van der Waals surface area contributed by atoms with Crippen LogP contribution in [0.15, 0.2) is 41.7 Å². The Bertz CT molecular complexity index is 863. The second-order valence-electron chi connectivity index (χ2n) is 8.03. The first kappa shape index (κ1) is 21.2. The molecule has 2 aliphatic rings. The van der Waals surface area contributed by atoms with Crippen LogP contribution in [0, 0.1) is 0 Å². The van der Waals surface area contributed by atoms with Crippen molar-refractivity contribution in [3.05, 3.63) is 52.8 Å². The zero-order valence-electron chi connectivity index (χ0n) is 17.8. The summed E-state index contributed by atoms with van der Waals surface area (Å²) in [4.78, 5) is 9.40. The number of aliphatic imine (C=N–C) groups is 1. The summed E-state index contributed by atoms with van der Waals surface area (Å²) in [6.07, 6.45) is 5.23. The summed E-state index contributed by atoms with van der Waals surface area (Å²) in [6.45, 7) is 6.12. The van der Waals surface area contributed by atoms with E-state index in [0.29, 0.717) is 5.92 Å². The number of halogens is 1. The summed E-state index contributed by atoms with van der Waals surface area (Å²) in [6, 6.07) is 8.40. The Morgan fingerprint density at radius 1 is 1.33 bits per heavy atom. The molecule has 2 aromatic rings. The van der Waals surface area contributed by atoms with Crippen molar-refractivity contribution in [3.63, 3.8) is 0 Å². The number of ether oxygens (including phenoxy) is 1. The Hall–Kier alpha value is -2.09. The minimum Gasteiger partial charge on any atom is -0.379 e. The molecule has 2 unspecified atom stereocenters. The molecule has 7 nitrogen and oxygen atoms in total. The molecule has 1 aromatic carbocycles. The van der Waals surface area contributed by atoms with E-state index in [0.717, 1.165) is 63.3 Å². The summed E-state index contributed by atoms with van der Waals surface area (Å²) in [5, 5.41) is 8.73. The summed E-state index contributed by atoms with van der Waals surface area (Å²) in [7, 11) is 3.83. The van der Waals surface area contributed by atoms with Crippen LogP contribution in [-0.4, -0.2) is 78.5 Å². The monoisotopic (exact) mass is 430 g/mol. The molecule has 0 radical (unpaired) electrons. The van der Waals surface area contributed by atoms with Gasteiger partial charge in [0.2, 0.25) is 0 Å². The third kappa shape index (κ3) is 4.96. The average Bonchev–Trinajstić information content (AvgIpc) is 3.41. The number of hydrogen-bond acceptors (Lipinski definition) is 4. The molecule has 2 aliphatic heterocycles. The maximum Gasteiger partial charge on any atom is 0.193 e. The fourth-order valence-corrected chi connectivity index (χ4v) is 4.66. The van der Waals surface area contributed by atoms with Gasteiger partial charge in [0.25, 0.3) is 0 Å². The van der Waals surface area contributed by atoms with Crippen LogP contribution in [0.3, 0.4) is 0 Å². The zero-order chi connectivity index (χ0) is 20.9. The number of rotatable bonds is 5. The second kappa shape index (κ2) is 9.81. The number of hydrogen-bond donors (Lipinski definition) is 1. The first-order valence-electron chi connectivity index (χ1n) is 10.7. The van der Waals surface area contributed by atoms with Crippen LogP contribution in [0.1, 0.15) is 29.5 Å². The van der Waals surface area contributed by atoms with Gasteiger partial charge in [0.05, 0.1) is 25.5 Å². The highest BCUT2D eigenvalue weighted by Crippen LogP contribution is 2.27. The predicted molar refractivity (Wildman–Crippen MR) is 120 cm³/mol. The fraction of sp³-hybridized carbons (Fsp3) is 0.545. The minimum absolute atomic E-state index is 0.223. The quantitative estimate of drug-likeness (QED) is 0.583. The predicted octanol–water partition coefficient (Wildman–Crippen LogP) is 2.51. The molecule has 2 saturated heterocycles. The van der Waals surface area contributed by atoms with Crippen LogP contribution >= 0.6 is 11.6 Å². The molecular formula is C22H31ClN6O. The van der Waals surface area contributed by atoms with Crippen molar-refractivity contribution < 1.29 is 4.74 Å². The normalized spacial score (nSPS) is 21.8. The standard InChI is InChI=1S/C22H31ClN6O/c1-24-22(29-7-6-18(16-29)19-13-26-27(2)15-19)25-14-21(28-8-10-30-11-9-28)17-4-3-5-20(23)12-17/h3-5,12-13,15,18,21H,6-11,14,16H2,1-2H3,(H,24,25). The number of aromatic nitrogens is 2. The molecule has 8 heteroatoms. The van der Waals surface area contributed by atoms with Crippen molar-refractivity contribution in [2.24, 2.45) is 12.0 Å². The van der Waals surface area contributed by atoms with Crippen LogP contribution in [0.2, 0.25) is 5.02 Å². The number of nitrogens with zero attached hydrogens (tertiary/aromatic N) is 5. The average molecular weight is 431 g/mol. The molecule has 0 bridgehead atoms. The van der Waals surface area contributed by atoms with Gasteiger partial charge in [-0.1, -0.05) is 23.7 Å². The van der Waals surface area contributed by atoms with Gasteiger partial charge >= 0.3 is 0 Å². The van der Waals surface area contributed by atoms with Crippen molar-refractivity contribution >= 4 is 17.6 Å². The molecule has 3 heterocycles. The molecule has 30 heavy (non-hydrogen) atoms. The van der Waals surface area contributed by atoms with Gasteiger partial charge in [0, 0.05) is 64.0 Å². The van der Waals surface area contributed by atoms with E-state index in [1.807, 2.05) is 37.1 Å². The Balaban J connectivity index is 1.42. The molecule has 162 valence electrons. The van der Waals surface area contributed by atoms with Gasteiger partial charge in [-0.2, -0.15) is 5.10 Å². The van der Waals surface area contributed by atoms with Gasteiger partial charge in [0.1, 0.15) is 0 Å². The highest BCUT2D eigenvalue weighted by Gasteiger charge is 2.28. The smallest absolute Gasteiger partial charge is 0.193 e. The summed E-state index contributed by atoms with van der Waals surface area (Å²) >= 11 is 6.30. The molecule has 0 saturated carbocycles. The number of nitrogens with one attached hydrogen (secondary N) is 1.